The fraction of sp³-hybridized carbons (Fsp3) is 0.100. The molecular weight excluding hydrogens is 234 g/mol. The van der Waals surface area contributed by atoms with Gasteiger partial charge in [0.25, 0.3) is 11.8 Å². The summed E-state index contributed by atoms with van der Waals surface area (Å²) in [6, 6.07) is 6.22. The molecule has 0 atom stereocenters. The molecule has 6 heteroatoms. The second-order valence-corrected chi connectivity index (χ2v) is 3.31. The average molecular weight is 240 g/mol. The Balaban J connectivity index is 2.32. The van der Waals surface area contributed by atoms with Gasteiger partial charge < -0.3 is 4.84 Å². The van der Waals surface area contributed by atoms with Crippen molar-refractivity contribution in [2.24, 2.45) is 0 Å². The van der Waals surface area contributed by atoms with Crippen LogP contribution < -0.4 is 0 Å². The molecule has 16 heavy (non-hydrogen) atoms. The Labute approximate surface area is 95.5 Å². The van der Waals surface area contributed by atoms with Crippen molar-refractivity contribution < 1.29 is 19.2 Å². The smallest absolute Gasteiger partial charge is 0.328 e. The van der Waals surface area contributed by atoms with Crippen LogP contribution in [0, 0.1) is 0 Å². The van der Waals surface area contributed by atoms with Crippen molar-refractivity contribution >= 4 is 29.4 Å². The van der Waals surface area contributed by atoms with Gasteiger partial charge in [0.05, 0.1) is 11.1 Å². The van der Waals surface area contributed by atoms with Gasteiger partial charge in [-0.15, -0.1) is 11.6 Å². The van der Waals surface area contributed by atoms with Crippen molar-refractivity contribution in [1.29, 1.82) is 0 Å². The van der Waals surface area contributed by atoms with Gasteiger partial charge in [0.15, 0.2) is 0 Å². The molecule has 0 saturated carbocycles. The normalized spacial score (nSPS) is 13.9. The number of carbonyl (C=O) groups is 3. The molecule has 0 fully saturated rings. The van der Waals surface area contributed by atoms with Crippen LogP contribution in [0.15, 0.2) is 24.3 Å². The van der Waals surface area contributed by atoms with E-state index < -0.39 is 23.7 Å². The highest BCUT2D eigenvalue weighted by Gasteiger charge is 2.38. The topological polar surface area (TPSA) is 63.7 Å². The third kappa shape index (κ3) is 1.55. The zero-order valence-electron chi connectivity index (χ0n) is 7.97. The quantitative estimate of drug-likeness (QED) is 0.570. The number of alkyl halides is 1. The van der Waals surface area contributed by atoms with E-state index in [1.165, 1.54) is 12.1 Å². The minimum absolute atomic E-state index is 0.217. The van der Waals surface area contributed by atoms with Gasteiger partial charge in [0, 0.05) is 0 Å². The number of hydroxylamine groups is 2. The van der Waals surface area contributed by atoms with Crippen LogP contribution in [0.3, 0.4) is 0 Å². The number of carbonyl (C=O) groups excluding carboxylic acids is 3. The van der Waals surface area contributed by atoms with E-state index in [1.807, 2.05) is 0 Å². The van der Waals surface area contributed by atoms with E-state index in [2.05, 4.69) is 4.84 Å². The van der Waals surface area contributed by atoms with Gasteiger partial charge in [-0.05, 0) is 12.1 Å². The Bertz CT molecular complexity index is 450. The lowest BCUT2D eigenvalue weighted by atomic mass is 10.1. The number of hydrogen-bond donors (Lipinski definition) is 0. The maximum Gasteiger partial charge on any atom is 0.347 e. The van der Waals surface area contributed by atoms with Gasteiger partial charge in [-0.25, -0.2) is 4.79 Å². The van der Waals surface area contributed by atoms with Crippen LogP contribution in [-0.4, -0.2) is 28.7 Å². The summed E-state index contributed by atoms with van der Waals surface area (Å²) in [6.45, 7) is 0. The standard InChI is InChI=1S/C10H6ClNO4/c11-5-8(13)16-12-9(14)6-3-1-2-4-7(6)10(12)15/h1-4H,5H2. The lowest BCUT2D eigenvalue weighted by molar-refractivity contribution is -0.165. The Morgan fingerprint density at radius 1 is 1.19 bits per heavy atom. The number of nitrogens with zero attached hydrogens (tertiary/aromatic N) is 1. The zero-order valence-corrected chi connectivity index (χ0v) is 8.73. The Kier molecular flexibility index (Phi) is 2.62. The van der Waals surface area contributed by atoms with E-state index in [1.54, 1.807) is 12.1 Å². The fourth-order valence-electron chi connectivity index (χ4n) is 1.38. The molecule has 82 valence electrons. The molecule has 1 aliphatic heterocycles. The summed E-state index contributed by atoms with van der Waals surface area (Å²) < 4.78 is 0. The van der Waals surface area contributed by atoms with Crippen LogP contribution in [0.2, 0.25) is 0 Å². The summed E-state index contributed by atoms with van der Waals surface area (Å²) in [6.07, 6.45) is 0. The van der Waals surface area contributed by atoms with E-state index >= 15 is 0 Å². The van der Waals surface area contributed by atoms with Gasteiger partial charge >= 0.3 is 5.97 Å². The first-order valence-electron chi connectivity index (χ1n) is 4.39. The summed E-state index contributed by atoms with van der Waals surface area (Å²) in [4.78, 5) is 38.7. The van der Waals surface area contributed by atoms with Gasteiger partial charge in [-0.3, -0.25) is 9.59 Å². The van der Waals surface area contributed by atoms with Crippen LogP contribution in [0.1, 0.15) is 20.7 Å². The minimum Gasteiger partial charge on any atom is -0.328 e. The molecule has 1 aromatic rings. The molecule has 0 radical (unpaired) electrons. The monoisotopic (exact) mass is 239 g/mol. The summed E-state index contributed by atoms with van der Waals surface area (Å²) in [5, 5.41) is 0.426. The van der Waals surface area contributed by atoms with Crippen molar-refractivity contribution in [2.45, 2.75) is 0 Å². The molecule has 0 bridgehead atoms. The third-order valence-corrected chi connectivity index (χ3v) is 2.28. The molecule has 0 N–H and O–H groups in total. The predicted molar refractivity (Wildman–Crippen MR) is 53.8 cm³/mol. The molecule has 1 aromatic carbocycles. The van der Waals surface area contributed by atoms with Crippen molar-refractivity contribution in [3.63, 3.8) is 0 Å². The van der Waals surface area contributed by atoms with Crippen LogP contribution in [0.4, 0.5) is 0 Å². The van der Waals surface area contributed by atoms with Gasteiger partial charge in [0.1, 0.15) is 5.88 Å². The van der Waals surface area contributed by atoms with E-state index in [-0.39, 0.29) is 11.1 Å². The number of rotatable bonds is 2. The maximum atomic E-state index is 11.6. The van der Waals surface area contributed by atoms with Crippen molar-refractivity contribution in [3.05, 3.63) is 35.4 Å². The highest BCUT2D eigenvalue weighted by molar-refractivity contribution is 6.27. The van der Waals surface area contributed by atoms with E-state index in [0.717, 1.165) is 0 Å². The highest BCUT2D eigenvalue weighted by Crippen LogP contribution is 2.22. The van der Waals surface area contributed by atoms with E-state index in [4.69, 9.17) is 11.6 Å². The van der Waals surface area contributed by atoms with E-state index in [0.29, 0.717) is 5.06 Å². The van der Waals surface area contributed by atoms with Crippen LogP contribution >= 0.6 is 11.6 Å². The number of amides is 2. The lowest BCUT2D eigenvalue weighted by Crippen LogP contribution is -2.33. The van der Waals surface area contributed by atoms with Crippen molar-refractivity contribution in [2.75, 3.05) is 5.88 Å². The van der Waals surface area contributed by atoms with E-state index in [9.17, 15) is 14.4 Å². The largest absolute Gasteiger partial charge is 0.347 e. The lowest BCUT2D eigenvalue weighted by Gasteiger charge is -2.10. The number of imide groups is 1. The zero-order chi connectivity index (χ0) is 11.7. The molecular formula is C10H6ClNO4. The van der Waals surface area contributed by atoms with Gasteiger partial charge in [0.2, 0.25) is 0 Å². The summed E-state index contributed by atoms with van der Waals surface area (Å²) in [5.74, 6) is -2.58. The predicted octanol–water partition coefficient (Wildman–Crippen LogP) is 0.980. The summed E-state index contributed by atoms with van der Waals surface area (Å²) in [7, 11) is 0. The molecule has 0 aliphatic carbocycles. The first kappa shape index (κ1) is 10.6. The van der Waals surface area contributed by atoms with Gasteiger partial charge in [-0.2, -0.15) is 0 Å². The minimum atomic E-state index is -0.851. The van der Waals surface area contributed by atoms with Crippen LogP contribution in [0.25, 0.3) is 0 Å². The maximum absolute atomic E-state index is 11.6. The highest BCUT2D eigenvalue weighted by atomic mass is 35.5. The number of halogens is 1. The van der Waals surface area contributed by atoms with Crippen LogP contribution in [-0.2, 0) is 9.63 Å². The fourth-order valence-corrected chi connectivity index (χ4v) is 1.43. The molecule has 1 aliphatic rings. The summed E-state index contributed by atoms with van der Waals surface area (Å²) >= 11 is 5.21. The molecule has 0 unspecified atom stereocenters. The first-order valence-corrected chi connectivity index (χ1v) is 4.93. The molecule has 2 rings (SSSR count). The Morgan fingerprint density at radius 2 is 1.69 bits per heavy atom. The molecule has 2 amide bonds. The molecule has 0 saturated heterocycles. The number of fused-ring (bicyclic) bond motifs is 1. The molecule has 0 aromatic heterocycles. The first-order chi connectivity index (χ1) is 7.65. The second kappa shape index (κ2) is 3.94. The Hall–Kier alpha value is -1.88. The molecule has 1 heterocycles. The number of hydrogen-bond acceptors (Lipinski definition) is 4. The Morgan fingerprint density at radius 3 is 2.12 bits per heavy atom. The van der Waals surface area contributed by atoms with Gasteiger partial charge in [-0.1, -0.05) is 17.2 Å². The third-order valence-electron chi connectivity index (χ3n) is 2.06. The van der Waals surface area contributed by atoms with Crippen LogP contribution in [0.5, 0.6) is 0 Å². The average Bonchev–Trinajstić information content (AvgIpc) is 2.55. The van der Waals surface area contributed by atoms with Crippen molar-refractivity contribution in [1.82, 2.24) is 5.06 Å². The second-order valence-electron chi connectivity index (χ2n) is 3.05. The summed E-state index contributed by atoms with van der Waals surface area (Å²) in [5.41, 5.74) is 0.435. The number of benzene rings is 1. The molecule has 0 spiro atoms. The SMILES string of the molecule is O=C(CCl)ON1C(=O)c2ccccc2C1=O. The van der Waals surface area contributed by atoms with Crippen molar-refractivity contribution in [3.8, 4) is 0 Å². The molecule has 5 nitrogen and oxygen atoms in total.